The van der Waals surface area contributed by atoms with Gasteiger partial charge in [0.25, 0.3) is 11.8 Å². The lowest BCUT2D eigenvalue weighted by molar-refractivity contribution is 0.0761. The molecule has 10 heteroatoms. The molecule has 31 heavy (non-hydrogen) atoms. The largest absolute Gasteiger partial charge is 0.349 e. The van der Waals surface area contributed by atoms with Crippen molar-refractivity contribution >= 4 is 17.6 Å². The Kier molecular flexibility index (Phi) is 4.86. The summed E-state index contributed by atoms with van der Waals surface area (Å²) in [5.41, 5.74) is 0.626. The predicted molar refractivity (Wildman–Crippen MR) is 110 cm³/mol. The van der Waals surface area contributed by atoms with Crippen LogP contribution in [0.3, 0.4) is 0 Å². The number of ketones is 1. The number of aromatic nitrogens is 5. The summed E-state index contributed by atoms with van der Waals surface area (Å²) < 4.78 is 1.95. The summed E-state index contributed by atoms with van der Waals surface area (Å²) in [6.07, 6.45) is 5.79. The summed E-state index contributed by atoms with van der Waals surface area (Å²) in [5, 5.41) is 18.0. The van der Waals surface area contributed by atoms with Crippen molar-refractivity contribution in [2.75, 3.05) is 19.6 Å². The van der Waals surface area contributed by atoms with Gasteiger partial charge in [-0.05, 0) is 49.5 Å². The maximum atomic E-state index is 12.9. The molecular formula is C21H27N7O3. The number of carbonyl (C=O) groups is 3. The predicted octanol–water partition coefficient (Wildman–Crippen LogP) is 1.21. The van der Waals surface area contributed by atoms with Crippen LogP contribution in [-0.4, -0.2) is 67.1 Å². The van der Waals surface area contributed by atoms with Crippen molar-refractivity contribution in [3.05, 3.63) is 29.1 Å². The number of fused-ring (bicyclic) bond motifs is 1. The zero-order chi connectivity index (χ0) is 21.6. The van der Waals surface area contributed by atoms with Crippen LogP contribution in [0, 0.1) is 11.3 Å². The lowest BCUT2D eigenvalue weighted by Gasteiger charge is -2.27. The van der Waals surface area contributed by atoms with Crippen LogP contribution in [0.25, 0.3) is 0 Å². The molecule has 0 bridgehead atoms. The Balaban J connectivity index is 1.25. The van der Waals surface area contributed by atoms with E-state index in [1.54, 1.807) is 0 Å². The average Bonchev–Trinajstić information content (AvgIpc) is 3.15. The summed E-state index contributed by atoms with van der Waals surface area (Å²) in [6, 6.07) is 1.52. The number of hydrogen-bond donors (Lipinski definition) is 2. The molecule has 1 spiro atoms. The zero-order valence-electron chi connectivity index (χ0n) is 17.7. The minimum Gasteiger partial charge on any atom is -0.349 e. The quantitative estimate of drug-likeness (QED) is 0.694. The normalized spacial score (nSPS) is 22.9. The molecule has 1 saturated carbocycles. The van der Waals surface area contributed by atoms with Crippen LogP contribution in [0.4, 0.5) is 0 Å². The van der Waals surface area contributed by atoms with Gasteiger partial charge in [0, 0.05) is 39.5 Å². The summed E-state index contributed by atoms with van der Waals surface area (Å²) in [5.74, 6) is 1.41. The Morgan fingerprint density at radius 2 is 2.00 bits per heavy atom. The maximum Gasteiger partial charge on any atom is 0.289 e. The van der Waals surface area contributed by atoms with E-state index in [4.69, 9.17) is 0 Å². The molecule has 0 aromatic carbocycles. The second-order valence-corrected chi connectivity index (χ2v) is 9.19. The van der Waals surface area contributed by atoms with Crippen LogP contribution >= 0.6 is 0 Å². The summed E-state index contributed by atoms with van der Waals surface area (Å²) in [4.78, 5) is 38.8. The smallest absolute Gasteiger partial charge is 0.289 e. The van der Waals surface area contributed by atoms with Gasteiger partial charge in [-0.1, -0.05) is 0 Å². The van der Waals surface area contributed by atoms with Gasteiger partial charge in [0.15, 0.2) is 5.78 Å². The van der Waals surface area contributed by atoms with Gasteiger partial charge in [-0.3, -0.25) is 19.5 Å². The van der Waals surface area contributed by atoms with Gasteiger partial charge in [0.2, 0.25) is 5.82 Å². The molecule has 1 unspecified atom stereocenters. The first kappa shape index (κ1) is 19.9. The van der Waals surface area contributed by atoms with Crippen LogP contribution < -0.4 is 5.32 Å². The Hall–Kier alpha value is -3.04. The number of likely N-dealkylation sites (tertiary alicyclic amines) is 1. The van der Waals surface area contributed by atoms with Crippen molar-refractivity contribution in [1.82, 2.24) is 35.2 Å². The minimum absolute atomic E-state index is 0.00153. The van der Waals surface area contributed by atoms with E-state index in [-0.39, 0.29) is 28.7 Å². The molecule has 0 radical (unpaired) electrons. The van der Waals surface area contributed by atoms with Crippen molar-refractivity contribution in [3.63, 3.8) is 0 Å². The number of nitrogens with one attached hydrogen (secondary N) is 2. The number of aryl methyl sites for hydroxylation is 1. The molecule has 2 aromatic rings. The number of Topliss-reactive ketones (excluding diaryl/α,β-unsaturated/α-hetero) is 1. The van der Waals surface area contributed by atoms with Crippen molar-refractivity contribution in [2.24, 2.45) is 11.3 Å². The zero-order valence-corrected chi connectivity index (χ0v) is 17.7. The van der Waals surface area contributed by atoms with E-state index in [0.29, 0.717) is 43.6 Å². The monoisotopic (exact) mass is 425 g/mol. The fraction of sp³-hybridized carbons (Fsp3) is 0.619. The highest BCUT2D eigenvalue weighted by atomic mass is 16.2. The van der Waals surface area contributed by atoms with Crippen LogP contribution in [0.5, 0.6) is 0 Å². The molecule has 2 aliphatic heterocycles. The molecule has 2 aromatic heterocycles. The standard InChI is InChI=1S/C21H27N7O3/c1-13(29)15-10-16(24-23-15)20(31)27-8-6-21(12-27)5-4-17-25-26-18(28(17)9-7-21)19(30)22-11-14-2-3-14/h10,14H,2-9,11-12H2,1H3,(H,22,30)(H,23,24). The van der Waals surface area contributed by atoms with Gasteiger partial charge in [-0.25, -0.2) is 0 Å². The van der Waals surface area contributed by atoms with Gasteiger partial charge in [0.05, 0.1) is 0 Å². The molecule has 2 fully saturated rings. The van der Waals surface area contributed by atoms with Gasteiger partial charge in [0.1, 0.15) is 17.2 Å². The number of nitrogens with zero attached hydrogens (tertiary/aromatic N) is 5. The Morgan fingerprint density at radius 1 is 1.19 bits per heavy atom. The van der Waals surface area contributed by atoms with E-state index in [0.717, 1.165) is 31.5 Å². The van der Waals surface area contributed by atoms with Crippen molar-refractivity contribution in [1.29, 1.82) is 0 Å². The highest BCUT2D eigenvalue weighted by Gasteiger charge is 2.42. The third-order valence-electron chi connectivity index (χ3n) is 6.92. The average molecular weight is 425 g/mol. The second-order valence-electron chi connectivity index (χ2n) is 9.19. The fourth-order valence-electron chi connectivity index (χ4n) is 4.71. The number of amides is 2. The first-order chi connectivity index (χ1) is 14.9. The van der Waals surface area contributed by atoms with Gasteiger partial charge in [-0.15, -0.1) is 10.2 Å². The van der Waals surface area contributed by atoms with E-state index in [1.165, 1.54) is 25.8 Å². The van der Waals surface area contributed by atoms with Gasteiger partial charge >= 0.3 is 0 Å². The molecule has 4 heterocycles. The number of H-pyrrole nitrogens is 1. The van der Waals surface area contributed by atoms with Crippen LogP contribution in [-0.2, 0) is 13.0 Å². The number of hydrogen-bond acceptors (Lipinski definition) is 6. The van der Waals surface area contributed by atoms with Gasteiger partial charge < -0.3 is 14.8 Å². The van der Waals surface area contributed by atoms with Crippen LogP contribution in [0.2, 0.25) is 0 Å². The number of rotatable bonds is 5. The third kappa shape index (κ3) is 3.86. The first-order valence-corrected chi connectivity index (χ1v) is 11.0. The molecule has 2 amide bonds. The highest BCUT2D eigenvalue weighted by Crippen LogP contribution is 2.41. The Morgan fingerprint density at radius 3 is 2.74 bits per heavy atom. The van der Waals surface area contributed by atoms with Crippen molar-refractivity contribution in [3.8, 4) is 0 Å². The number of carbonyl (C=O) groups excluding carboxylic acids is 3. The van der Waals surface area contributed by atoms with E-state index in [1.807, 2.05) is 9.47 Å². The van der Waals surface area contributed by atoms with E-state index in [2.05, 4.69) is 25.7 Å². The summed E-state index contributed by atoms with van der Waals surface area (Å²) in [7, 11) is 0. The Labute approximate surface area is 179 Å². The van der Waals surface area contributed by atoms with Crippen LogP contribution in [0.15, 0.2) is 6.07 Å². The molecule has 164 valence electrons. The minimum atomic E-state index is -0.169. The summed E-state index contributed by atoms with van der Waals surface area (Å²) >= 11 is 0. The molecule has 5 rings (SSSR count). The summed E-state index contributed by atoms with van der Waals surface area (Å²) in [6.45, 7) is 4.14. The Bertz CT molecular complexity index is 1040. The fourth-order valence-corrected chi connectivity index (χ4v) is 4.71. The molecular weight excluding hydrogens is 398 g/mol. The molecule has 3 aliphatic rings. The second kappa shape index (κ2) is 7.58. The number of aromatic amines is 1. The molecule has 10 nitrogen and oxygen atoms in total. The SMILES string of the molecule is CC(=O)c1cc(C(=O)N2CCC3(CCc4nnc(C(=O)NCC5CC5)n4CC3)C2)[nH]n1. The molecule has 1 aliphatic carbocycles. The highest BCUT2D eigenvalue weighted by molar-refractivity contribution is 5.97. The van der Waals surface area contributed by atoms with Gasteiger partial charge in [-0.2, -0.15) is 5.10 Å². The molecule has 2 N–H and O–H groups in total. The third-order valence-corrected chi connectivity index (χ3v) is 6.92. The van der Waals surface area contributed by atoms with Crippen molar-refractivity contribution in [2.45, 2.75) is 52.0 Å². The van der Waals surface area contributed by atoms with Crippen LogP contribution in [0.1, 0.15) is 76.4 Å². The topological polar surface area (TPSA) is 126 Å². The van der Waals surface area contributed by atoms with Crippen molar-refractivity contribution < 1.29 is 14.4 Å². The molecule has 1 atom stereocenters. The lowest BCUT2D eigenvalue weighted by atomic mass is 9.80. The van der Waals surface area contributed by atoms with E-state index >= 15 is 0 Å². The molecule has 1 saturated heterocycles. The van der Waals surface area contributed by atoms with E-state index in [9.17, 15) is 14.4 Å². The first-order valence-electron chi connectivity index (χ1n) is 11.0. The lowest BCUT2D eigenvalue weighted by Crippen LogP contribution is -2.33. The maximum absolute atomic E-state index is 12.9. The van der Waals surface area contributed by atoms with E-state index < -0.39 is 0 Å².